The topological polar surface area (TPSA) is 87.1 Å². The van der Waals surface area contributed by atoms with E-state index in [0.29, 0.717) is 24.0 Å². The molecule has 6 nitrogen and oxygen atoms in total. The number of methoxy groups -OCH3 is 1. The second kappa shape index (κ2) is 5.23. The summed E-state index contributed by atoms with van der Waals surface area (Å²) in [4.78, 5) is 8.73. The summed E-state index contributed by atoms with van der Waals surface area (Å²) in [6, 6.07) is 9.84. The Kier molecular flexibility index (Phi) is 3.40. The molecule has 0 aliphatic rings. The highest BCUT2D eigenvalue weighted by Gasteiger charge is 2.28. The van der Waals surface area contributed by atoms with Crippen LogP contribution in [0.15, 0.2) is 41.1 Å². The first-order valence-electron chi connectivity index (χ1n) is 6.58. The minimum atomic E-state index is -0.804. The average molecular weight is 284 g/mol. The van der Waals surface area contributed by atoms with Crippen molar-refractivity contribution in [1.29, 1.82) is 0 Å². The Labute approximate surface area is 121 Å². The molecular weight excluding hydrogens is 268 g/mol. The molecule has 0 amide bonds. The molecule has 0 spiro atoms. The first kappa shape index (κ1) is 13.7. The van der Waals surface area contributed by atoms with Crippen molar-refractivity contribution < 1.29 is 9.26 Å². The van der Waals surface area contributed by atoms with Gasteiger partial charge in [-0.3, -0.25) is 4.98 Å². The second-order valence-corrected chi connectivity index (χ2v) is 5.15. The smallest absolute Gasteiger partial charge is 0.277 e. The van der Waals surface area contributed by atoms with Gasteiger partial charge in [-0.15, -0.1) is 0 Å². The van der Waals surface area contributed by atoms with Crippen molar-refractivity contribution in [2.75, 3.05) is 13.7 Å². The van der Waals surface area contributed by atoms with Crippen LogP contribution in [0.1, 0.15) is 12.7 Å². The Bertz CT molecular complexity index is 762. The zero-order chi connectivity index (χ0) is 14.9. The van der Waals surface area contributed by atoms with Crippen molar-refractivity contribution >= 4 is 10.8 Å². The monoisotopic (exact) mass is 284 g/mol. The Hall–Kier alpha value is -2.31. The number of rotatable bonds is 4. The lowest BCUT2D eigenvalue weighted by atomic mass is 10.1. The van der Waals surface area contributed by atoms with E-state index in [1.807, 2.05) is 30.3 Å². The van der Waals surface area contributed by atoms with Gasteiger partial charge >= 0.3 is 0 Å². The van der Waals surface area contributed by atoms with Crippen molar-refractivity contribution in [3.05, 3.63) is 42.4 Å². The molecule has 0 bridgehead atoms. The van der Waals surface area contributed by atoms with Gasteiger partial charge in [-0.05, 0) is 18.4 Å². The van der Waals surface area contributed by atoms with Crippen LogP contribution in [0.4, 0.5) is 0 Å². The predicted octanol–water partition coefficient (Wildman–Crippen LogP) is 2.11. The van der Waals surface area contributed by atoms with Crippen LogP contribution in [0.2, 0.25) is 0 Å². The Morgan fingerprint density at radius 2 is 2.10 bits per heavy atom. The van der Waals surface area contributed by atoms with Crippen molar-refractivity contribution in [3.8, 4) is 11.6 Å². The maximum Gasteiger partial charge on any atom is 0.277 e. The molecule has 1 aromatic carbocycles. The quantitative estimate of drug-likeness (QED) is 0.789. The van der Waals surface area contributed by atoms with Gasteiger partial charge in [-0.2, -0.15) is 4.98 Å². The summed E-state index contributed by atoms with van der Waals surface area (Å²) < 4.78 is 10.4. The van der Waals surface area contributed by atoms with Crippen LogP contribution in [0.5, 0.6) is 0 Å². The summed E-state index contributed by atoms with van der Waals surface area (Å²) in [7, 11) is 1.58. The van der Waals surface area contributed by atoms with Crippen molar-refractivity contribution in [2.24, 2.45) is 5.73 Å². The van der Waals surface area contributed by atoms with Gasteiger partial charge in [0.15, 0.2) is 5.82 Å². The van der Waals surface area contributed by atoms with Crippen LogP contribution < -0.4 is 5.73 Å². The first-order chi connectivity index (χ1) is 10.1. The molecule has 2 heterocycles. The number of aromatic nitrogens is 3. The van der Waals surface area contributed by atoms with E-state index in [4.69, 9.17) is 15.0 Å². The van der Waals surface area contributed by atoms with Gasteiger partial charge in [-0.25, -0.2) is 0 Å². The second-order valence-electron chi connectivity index (χ2n) is 5.15. The molecule has 0 radical (unpaired) electrons. The number of hydrogen-bond acceptors (Lipinski definition) is 6. The summed E-state index contributed by atoms with van der Waals surface area (Å²) in [5, 5.41) is 5.98. The molecule has 3 aromatic rings. The van der Waals surface area contributed by atoms with Gasteiger partial charge in [0.2, 0.25) is 0 Å². The summed E-state index contributed by atoms with van der Waals surface area (Å²) in [6.07, 6.45) is 1.72. The van der Waals surface area contributed by atoms with Crippen molar-refractivity contribution in [2.45, 2.75) is 12.5 Å². The van der Waals surface area contributed by atoms with Crippen molar-refractivity contribution in [3.63, 3.8) is 0 Å². The molecule has 0 aliphatic carbocycles. The van der Waals surface area contributed by atoms with E-state index in [-0.39, 0.29) is 0 Å². The third kappa shape index (κ3) is 2.51. The molecule has 0 aliphatic heterocycles. The molecule has 3 rings (SSSR count). The molecule has 0 saturated carbocycles. The molecule has 0 fully saturated rings. The first-order valence-corrected chi connectivity index (χ1v) is 6.58. The summed E-state index contributed by atoms with van der Waals surface area (Å²) in [6.45, 7) is 2.09. The van der Waals surface area contributed by atoms with E-state index in [2.05, 4.69) is 15.1 Å². The molecule has 1 unspecified atom stereocenters. The van der Waals surface area contributed by atoms with Crippen LogP contribution in [-0.4, -0.2) is 28.8 Å². The molecule has 21 heavy (non-hydrogen) atoms. The van der Waals surface area contributed by atoms with E-state index < -0.39 is 5.54 Å². The molecule has 2 aromatic heterocycles. The Morgan fingerprint density at radius 3 is 2.90 bits per heavy atom. The van der Waals surface area contributed by atoms with Gasteiger partial charge in [0.1, 0.15) is 11.2 Å². The number of fused-ring (bicyclic) bond motifs is 1. The van der Waals surface area contributed by atoms with Crippen LogP contribution in [0.25, 0.3) is 22.4 Å². The zero-order valence-electron chi connectivity index (χ0n) is 11.9. The average Bonchev–Trinajstić information content (AvgIpc) is 2.97. The summed E-state index contributed by atoms with van der Waals surface area (Å²) in [5.74, 6) is 0.753. The number of pyridine rings is 1. The van der Waals surface area contributed by atoms with Gasteiger partial charge < -0.3 is 15.0 Å². The van der Waals surface area contributed by atoms with Gasteiger partial charge in [0.05, 0.1) is 6.61 Å². The lowest BCUT2D eigenvalue weighted by Gasteiger charge is -2.18. The number of hydrogen-bond donors (Lipinski definition) is 1. The summed E-state index contributed by atoms with van der Waals surface area (Å²) >= 11 is 0. The lowest BCUT2D eigenvalue weighted by Crippen LogP contribution is -2.38. The fourth-order valence-electron chi connectivity index (χ4n) is 2.21. The SMILES string of the molecule is COCC(C)(N)c1noc(-c2nccc3ccccc23)n1. The van der Waals surface area contributed by atoms with Gasteiger partial charge in [-0.1, -0.05) is 29.4 Å². The highest BCUT2D eigenvalue weighted by atomic mass is 16.5. The zero-order valence-corrected chi connectivity index (χ0v) is 11.9. The van der Waals surface area contributed by atoms with E-state index >= 15 is 0 Å². The maximum atomic E-state index is 6.12. The molecule has 108 valence electrons. The molecule has 2 N–H and O–H groups in total. The van der Waals surface area contributed by atoms with Gasteiger partial charge in [0, 0.05) is 18.7 Å². The minimum absolute atomic E-state index is 0.301. The fraction of sp³-hybridized carbons (Fsp3) is 0.267. The number of benzene rings is 1. The standard InChI is InChI=1S/C15H16N4O2/c1-15(16,9-20-2)14-18-13(21-19-14)12-11-6-4-3-5-10(11)7-8-17-12/h3-8H,9,16H2,1-2H3. The highest BCUT2D eigenvalue weighted by molar-refractivity contribution is 5.92. The largest absolute Gasteiger partial charge is 0.382 e. The Balaban J connectivity index is 2.07. The molecule has 6 heteroatoms. The van der Waals surface area contributed by atoms with Crippen LogP contribution in [-0.2, 0) is 10.3 Å². The van der Waals surface area contributed by atoms with E-state index in [1.165, 1.54) is 0 Å². The Morgan fingerprint density at radius 1 is 1.29 bits per heavy atom. The third-order valence-electron chi connectivity index (χ3n) is 3.26. The van der Waals surface area contributed by atoms with E-state index in [9.17, 15) is 0 Å². The lowest BCUT2D eigenvalue weighted by molar-refractivity contribution is 0.135. The van der Waals surface area contributed by atoms with Gasteiger partial charge in [0.25, 0.3) is 5.89 Å². The highest BCUT2D eigenvalue weighted by Crippen LogP contribution is 2.26. The molecule has 1 atom stereocenters. The number of nitrogens with zero attached hydrogens (tertiary/aromatic N) is 3. The maximum absolute atomic E-state index is 6.12. The van der Waals surface area contributed by atoms with Crippen molar-refractivity contribution in [1.82, 2.24) is 15.1 Å². The van der Waals surface area contributed by atoms with E-state index in [1.54, 1.807) is 20.2 Å². The normalized spacial score (nSPS) is 14.2. The van der Waals surface area contributed by atoms with Crippen LogP contribution in [0.3, 0.4) is 0 Å². The van der Waals surface area contributed by atoms with E-state index in [0.717, 1.165) is 10.8 Å². The number of nitrogens with two attached hydrogens (primary N) is 1. The minimum Gasteiger partial charge on any atom is -0.382 e. The molecule has 0 saturated heterocycles. The van der Waals surface area contributed by atoms with Crippen LogP contribution in [0, 0.1) is 0 Å². The van der Waals surface area contributed by atoms with Crippen LogP contribution >= 0.6 is 0 Å². The predicted molar refractivity (Wildman–Crippen MR) is 78.5 cm³/mol. The summed E-state index contributed by atoms with van der Waals surface area (Å²) in [5.41, 5.74) is 5.97. The fourth-order valence-corrected chi connectivity index (χ4v) is 2.21. The molecular formula is C15H16N4O2. The third-order valence-corrected chi connectivity index (χ3v) is 3.26. The number of ether oxygens (including phenoxy) is 1.